The lowest BCUT2D eigenvalue weighted by Crippen LogP contribution is -2.38. The molecule has 1 nitrogen and oxygen atoms in total. The smallest absolute Gasteiger partial charge is 0.127 e. The molecule has 0 spiro atoms. The third kappa shape index (κ3) is 3.90. The maximum absolute atomic E-state index is 6.39. The van der Waals surface area contributed by atoms with Crippen molar-refractivity contribution in [1.29, 1.82) is 0 Å². The van der Waals surface area contributed by atoms with Gasteiger partial charge < -0.3 is 4.74 Å². The van der Waals surface area contributed by atoms with Gasteiger partial charge in [0.1, 0.15) is 12.4 Å². The van der Waals surface area contributed by atoms with Crippen molar-refractivity contribution < 1.29 is 4.74 Å². The van der Waals surface area contributed by atoms with E-state index in [9.17, 15) is 0 Å². The molecule has 0 radical (unpaired) electrons. The van der Waals surface area contributed by atoms with Crippen LogP contribution in [0.3, 0.4) is 0 Å². The van der Waals surface area contributed by atoms with Crippen LogP contribution < -0.4 is 9.92 Å². The fraction of sp³-hybridized carbons (Fsp3) is 0.500. The highest BCUT2D eigenvalue weighted by Crippen LogP contribution is 2.44. The van der Waals surface area contributed by atoms with Gasteiger partial charge in [-0.15, -0.1) is 0 Å². The fourth-order valence-corrected chi connectivity index (χ4v) is 6.16. The van der Waals surface area contributed by atoms with E-state index < -0.39 is 8.80 Å². The highest BCUT2D eigenvalue weighted by Gasteiger charge is 2.36. The third-order valence-corrected chi connectivity index (χ3v) is 7.27. The summed E-state index contributed by atoms with van der Waals surface area (Å²) in [4.78, 5) is 0. The number of hydrogen-bond donors (Lipinski definition) is 0. The third-order valence-electron chi connectivity index (χ3n) is 5.38. The van der Waals surface area contributed by atoms with Crippen LogP contribution in [0.2, 0.25) is 13.1 Å². The zero-order chi connectivity index (χ0) is 19.7. The summed E-state index contributed by atoms with van der Waals surface area (Å²) in [7, 11) is -1.04. The Bertz CT molecular complexity index is 742. The molecule has 0 amide bonds. The first-order valence-corrected chi connectivity index (χ1v) is 12.7. The molecule has 142 valence electrons. The molecule has 0 saturated carbocycles. The Morgan fingerprint density at radius 2 is 1.85 bits per heavy atom. The van der Waals surface area contributed by atoms with Crippen LogP contribution in [-0.4, -0.2) is 15.4 Å². The minimum Gasteiger partial charge on any atom is -0.489 e. The maximum atomic E-state index is 6.39. The molecular weight excluding hydrogens is 332 g/mol. The van der Waals surface area contributed by atoms with Crippen LogP contribution in [0.5, 0.6) is 5.75 Å². The summed E-state index contributed by atoms with van der Waals surface area (Å²) < 4.78 is 6.39. The van der Waals surface area contributed by atoms with Gasteiger partial charge in [0, 0.05) is 16.5 Å². The predicted molar refractivity (Wildman–Crippen MR) is 119 cm³/mol. The predicted octanol–water partition coefficient (Wildman–Crippen LogP) is 5.71. The number of ether oxygens (including phenoxy) is 1. The van der Waals surface area contributed by atoms with Crippen LogP contribution in [-0.2, 0) is 10.8 Å². The van der Waals surface area contributed by atoms with Gasteiger partial charge in [-0.1, -0.05) is 95.4 Å². The van der Waals surface area contributed by atoms with Gasteiger partial charge in [0.25, 0.3) is 0 Å². The molecule has 0 N–H and O–H groups in total. The number of aryl methyl sites for hydroxylation is 1. The molecule has 0 aromatic heterocycles. The minimum absolute atomic E-state index is 0.0308. The van der Waals surface area contributed by atoms with Crippen molar-refractivity contribution in [2.24, 2.45) is 0 Å². The summed E-state index contributed by atoms with van der Waals surface area (Å²) in [5.41, 5.74) is 5.51. The van der Waals surface area contributed by atoms with Crippen LogP contribution in [0.15, 0.2) is 42.5 Å². The molecule has 1 aromatic rings. The summed E-state index contributed by atoms with van der Waals surface area (Å²) in [5.74, 6) is 1.09. The van der Waals surface area contributed by atoms with E-state index in [0.717, 1.165) is 12.2 Å². The van der Waals surface area contributed by atoms with Crippen LogP contribution in [0, 0.1) is 6.92 Å². The zero-order valence-electron chi connectivity index (χ0n) is 18.0. The van der Waals surface area contributed by atoms with E-state index >= 15 is 0 Å². The van der Waals surface area contributed by atoms with Crippen molar-refractivity contribution in [3.63, 3.8) is 0 Å². The number of benzene rings is 1. The van der Waals surface area contributed by atoms with E-state index in [1.165, 1.54) is 22.3 Å². The Morgan fingerprint density at radius 3 is 2.31 bits per heavy atom. The van der Waals surface area contributed by atoms with Crippen LogP contribution in [0.1, 0.15) is 57.7 Å². The lowest BCUT2D eigenvalue weighted by atomic mass is 9.73. The van der Waals surface area contributed by atoms with E-state index in [2.05, 4.69) is 85.5 Å². The number of rotatable bonds is 6. The largest absolute Gasteiger partial charge is 0.489 e. The molecule has 0 atom stereocenters. The first kappa shape index (κ1) is 20.8. The van der Waals surface area contributed by atoms with Crippen LogP contribution in [0.25, 0.3) is 0 Å². The average molecular weight is 369 g/mol. The van der Waals surface area contributed by atoms with Gasteiger partial charge in [0.05, 0.1) is 8.80 Å². The molecular formula is C24H36OSi. The van der Waals surface area contributed by atoms with E-state index in [-0.39, 0.29) is 10.8 Å². The Morgan fingerprint density at radius 1 is 1.19 bits per heavy atom. The summed E-state index contributed by atoms with van der Waals surface area (Å²) >= 11 is 0. The minimum atomic E-state index is -1.04. The molecule has 0 saturated heterocycles. The van der Waals surface area contributed by atoms with Crippen molar-refractivity contribution >= 4 is 14.0 Å². The van der Waals surface area contributed by atoms with Crippen molar-refractivity contribution in [1.82, 2.24) is 0 Å². The molecule has 1 aromatic carbocycles. The maximum Gasteiger partial charge on any atom is 0.127 e. The van der Waals surface area contributed by atoms with Gasteiger partial charge in [0.2, 0.25) is 0 Å². The average Bonchev–Trinajstić information content (AvgIpc) is 3.06. The normalized spacial score (nSPS) is 14.7. The number of hydrogen-bond acceptors (Lipinski definition) is 1. The second-order valence-electron chi connectivity index (χ2n) is 9.29. The molecule has 26 heavy (non-hydrogen) atoms. The van der Waals surface area contributed by atoms with E-state index in [4.69, 9.17) is 4.74 Å². The van der Waals surface area contributed by atoms with Crippen molar-refractivity contribution in [3.05, 3.63) is 59.2 Å². The molecule has 2 heteroatoms. The van der Waals surface area contributed by atoms with E-state index in [1.807, 2.05) is 6.08 Å². The Labute approximate surface area is 162 Å². The molecule has 1 aliphatic carbocycles. The molecule has 2 rings (SSSR count). The van der Waals surface area contributed by atoms with Gasteiger partial charge in [-0.3, -0.25) is 0 Å². The van der Waals surface area contributed by atoms with E-state index in [1.54, 1.807) is 5.19 Å². The van der Waals surface area contributed by atoms with E-state index in [0.29, 0.717) is 6.61 Å². The fourth-order valence-electron chi connectivity index (χ4n) is 4.09. The molecule has 0 heterocycles. The Hall–Kier alpha value is -1.54. The summed E-state index contributed by atoms with van der Waals surface area (Å²) in [6.45, 7) is 23.1. The summed E-state index contributed by atoms with van der Waals surface area (Å²) in [6, 6.07) is 2.37. The zero-order valence-corrected chi connectivity index (χ0v) is 19.1. The van der Waals surface area contributed by atoms with Crippen molar-refractivity contribution in [2.75, 3.05) is 6.61 Å². The molecule has 0 fully saturated rings. The first-order chi connectivity index (χ1) is 12.0. The standard InChI is InChI=1S/C24H36OSi/c1-10-15-25-21-19(23(3,4)5)16-17(2)22(26(8)9)20(21)24(6,7)18-13-11-12-14-18/h10-11,13-14,16,26H,1,12,15H2,2-9H3. The second kappa shape index (κ2) is 7.60. The Kier molecular flexibility index (Phi) is 6.07. The van der Waals surface area contributed by atoms with Crippen LogP contribution >= 0.6 is 0 Å². The van der Waals surface area contributed by atoms with Gasteiger partial charge in [-0.05, 0) is 24.3 Å². The second-order valence-corrected chi connectivity index (χ2v) is 12.2. The van der Waals surface area contributed by atoms with Crippen LogP contribution in [0.4, 0.5) is 0 Å². The first-order valence-electron chi connectivity index (χ1n) is 9.81. The molecule has 0 bridgehead atoms. The summed E-state index contributed by atoms with van der Waals surface area (Å²) in [6.07, 6.45) is 9.80. The SMILES string of the molecule is C=CCOc1c(C(C)(C)C)cc(C)c([SiH](C)C)c1C(C)(C)C1=CCC=C1. The highest BCUT2D eigenvalue weighted by atomic mass is 28.3. The van der Waals surface area contributed by atoms with Crippen molar-refractivity contribution in [2.45, 2.75) is 71.9 Å². The monoisotopic (exact) mass is 368 g/mol. The lowest BCUT2D eigenvalue weighted by molar-refractivity contribution is 0.341. The molecule has 0 unspecified atom stereocenters. The molecule has 1 aliphatic rings. The molecule has 0 aliphatic heterocycles. The van der Waals surface area contributed by atoms with Gasteiger partial charge in [-0.2, -0.15) is 0 Å². The number of allylic oxidation sites excluding steroid dienone is 4. The van der Waals surface area contributed by atoms with Gasteiger partial charge >= 0.3 is 0 Å². The lowest BCUT2D eigenvalue weighted by Gasteiger charge is -2.36. The quantitative estimate of drug-likeness (QED) is 0.461. The van der Waals surface area contributed by atoms with Gasteiger partial charge in [-0.25, -0.2) is 0 Å². The Balaban J connectivity index is 2.89. The topological polar surface area (TPSA) is 9.23 Å². The van der Waals surface area contributed by atoms with Gasteiger partial charge in [0.15, 0.2) is 0 Å². The highest BCUT2D eigenvalue weighted by molar-refractivity contribution is 6.71. The van der Waals surface area contributed by atoms with Crippen molar-refractivity contribution in [3.8, 4) is 5.75 Å². The summed E-state index contributed by atoms with van der Waals surface area (Å²) in [5, 5.41) is 1.56.